The van der Waals surface area contributed by atoms with Gasteiger partial charge in [-0.1, -0.05) is 12.1 Å². The first-order valence-electron chi connectivity index (χ1n) is 8.70. The second-order valence-electron chi connectivity index (χ2n) is 7.19. The maximum atomic E-state index is 13.0. The van der Waals surface area contributed by atoms with E-state index >= 15 is 0 Å². The van der Waals surface area contributed by atoms with Gasteiger partial charge in [0.25, 0.3) is 5.91 Å². The van der Waals surface area contributed by atoms with Crippen LogP contribution in [0.2, 0.25) is 0 Å². The molecule has 1 aliphatic carbocycles. The first kappa shape index (κ1) is 18.2. The summed E-state index contributed by atoms with van der Waals surface area (Å²) in [5, 5.41) is 3.59. The van der Waals surface area contributed by atoms with Gasteiger partial charge >= 0.3 is 0 Å². The van der Waals surface area contributed by atoms with E-state index in [0.717, 1.165) is 31.4 Å². The first-order valence-corrected chi connectivity index (χ1v) is 10.8. The highest BCUT2D eigenvalue weighted by molar-refractivity contribution is 7.90. The molecule has 1 saturated carbocycles. The molecular formula is C18H26N2O4S. The fraction of sp³-hybridized carbons (Fsp3) is 0.611. The highest BCUT2D eigenvalue weighted by Gasteiger charge is 2.46. The van der Waals surface area contributed by atoms with Crippen molar-refractivity contribution in [2.24, 2.45) is 5.92 Å². The summed E-state index contributed by atoms with van der Waals surface area (Å²) in [4.78, 5) is 14.9. The summed E-state index contributed by atoms with van der Waals surface area (Å²) < 4.78 is 28.4. The van der Waals surface area contributed by atoms with E-state index in [4.69, 9.17) is 4.74 Å². The quantitative estimate of drug-likeness (QED) is 0.864. The molecule has 1 fully saturated rings. The van der Waals surface area contributed by atoms with Gasteiger partial charge in [0.1, 0.15) is 15.5 Å². The molecule has 3 rings (SSSR count). The molecule has 1 N–H and O–H groups in total. The van der Waals surface area contributed by atoms with E-state index in [9.17, 15) is 13.2 Å². The van der Waals surface area contributed by atoms with Crippen molar-refractivity contribution >= 4 is 21.4 Å². The molecule has 1 spiro atoms. The Kier molecular flexibility index (Phi) is 5.06. The number of fused-ring (bicyclic) bond motifs is 1. The highest BCUT2D eigenvalue weighted by atomic mass is 32.2. The highest BCUT2D eigenvalue weighted by Crippen LogP contribution is 2.42. The summed E-state index contributed by atoms with van der Waals surface area (Å²) in [6, 6.07) is 7.57. The minimum atomic E-state index is -2.97. The summed E-state index contributed by atoms with van der Waals surface area (Å²) in [6.07, 6.45) is 4.37. The number of carbonyl (C=O) groups excluding carboxylic acids is 1. The molecule has 0 unspecified atom stereocenters. The lowest BCUT2D eigenvalue weighted by Crippen LogP contribution is -2.62. The maximum Gasteiger partial charge on any atom is 0.257 e. The number of anilines is 1. The zero-order valence-corrected chi connectivity index (χ0v) is 15.6. The molecule has 2 aliphatic rings. The lowest BCUT2D eigenvalue weighted by molar-refractivity contribution is 0.0249. The maximum absolute atomic E-state index is 13.0. The molecule has 1 aromatic rings. The van der Waals surface area contributed by atoms with Gasteiger partial charge in [0.2, 0.25) is 0 Å². The summed E-state index contributed by atoms with van der Waals surface area (Å²) in [5.74, 6) is 0.415. The van der Waals surface area contributed by atoms with Crippen LogP contribution in [0.4, 0.5) is 5.69 Å². The number of ether oxygens (including phenoxy) is 1. The zero-order valence-electron chi connectivity index (χ0n) is 14.8. The van der Waals surface area contributed by atoms with Crippen LogP contribution in [-0.4, -0.2) is 57.2 Å². The molecule has 0 saturated heterocycles. The summed E-state index contributed by atoms with van der Waals surface area (Å²) in [6.45, 7) is 0.998. The smallest absolute Gasteiger partial charge is 0.257 e. The standard InChI is InChI=1S/C18H26N2O4S/c1-24-12-11-20-17(21)15-5-3-4-6-16(15)19-18(20)9-7-14(8-10-18)13-25(2,22)23/h3-6,14,19H,7-13H2,1-2H3. The van der Waals surface area contributed by atoms with Gasteiger partial charge in [0.05, 0.1) is 17.9 Å². The third-order valence-electron chi connectivity index (χ3n) is 5.28. The number of para-hydroxylation sites is 1. The van der Waals surface area contributed by atoms with Crippen LogP contribution in [0, 0.1) is 5.92 Å². The number of nitrogens with zero attached hydrogens (tertiary/aromatic N) is 1. The van der Waals surface area contributed by atoms with Gasteiger partial charge in [0, 0.05) is 25.6 Å². The molecule has 25 heavy (non-hydrogen) atoms. The van der Waals surface area contributed by atoms with Crippen molar-refractivity contribution in [2.45, 2.75) is 31.3 Å². The Morgan fingerprint density at radius 1 is 1.28 bits per heavy atom. The summed E-state index contributed by atoms with van der Waals surface area (Å²) in [5.41, 5.74) is 1.10. The molecular weight excluding hydrogens is 340 g/mol. The number of methoxy groups -OCH3 is 1. The van der Waals surface area contributed by atoms with Crippen molar-refractivity contribution in [2.75, 3.05) is 37.6 Å². The van der Waals surface area contributed by atoms with Crippen LogP contribution in [0.25, 0.3) is 0 Å². The summed E-state index contributed by atoms with van der Waals surface area (Å²) in [7, 11) is -1.34. The third-order valence-corrected chi connectivity index (χ3v) is 6.35. The molecule has 1 aromatic carbocycles. The van der Waals surface area contributed by atoms with Crippen LogP contribution in [0.1, 0.15) is 36.0 Å². The minimum absolute atomic E-state index is 0.0213. The second kappa shape index (κ2) is 6.96. The van der Waals surface area contributed by atoms with Gasteiger partial charge in [-0.25, -0.2) is 8.42 Å². The molecule has 7 heteroatoms. The SMILES string of the molecule is COCCN1C(=O)c2ccccc2NC12CCC(CS(C)(=O)=O)CC2. The fourth-order valence-electron chi connectivity index (χ4n) is 4.08. The van der Waals surface area contributed by atoms with Gasteiger partial charge in [-0.15, -0.1) is 0 Å². The molecule has 0 radical (unpaired) electrons. The van der Waals surface area contributed by atoms with Crippen molar-refractivity contribution in [3.05, 3.63) is 29.8 Å². The topological polar surface area (TPSA) is 75.7 Å². The van der Waals surface area contributed by atoms with Crippen LogP contribution in [-0.2, 0) is 14.6 Å². The van der Waals surface area contributed by atoms with E-state index in [-0.39, 0.29) is 17.6 Å². The average molecular weight is 366 g/mol. The number of hydrogen-bond acceptors (Lipinski definition) is 5. The van der Waals surface area contributed by atoms with Crippen LogP contribution >= 0.6 is 0 Å². The largest absolute Gasteiger partial charge is 0.383 e. The van der Waals surface area contributed by atoms with E-state index in [2.05, 4.69) is 5.32 Å². The van der Waals surface area contributed by atoms with Crippen molar-refractivity contribution in [1.82, 2.24) is 4.90 Å². The van der Waals surface area contributed by atoms with Crippen LogP contribution in [0.15, 0.2) is 24.3 Å². The van der Waals surface area contributed by atoms with E-state index in [0.29, 0.717) is 18.7 Å². The van der Waals surface area contributed by atoms with Crippen molar-refractivity contribution in [1.29, 1.82) is 0 Å². The predicted octanol–water partition coefficient (Wildman–Crippen LogP) is 2.13. The van der Waals surface area contributed by atoms with Gasteiger partial charge in [-0.2, -0.15) is 0 Å². The van der Waals surface area contributed by atoms with Crippen molar-refractivity contribution < 1.29 is 17.9 Å². The lowest BCUT2D eigenvalue weighted by atomic mass is 9.79. The van der Waals surface area contributed by atoms with Crippen molar-refractivity contribution in [3.63, 3.8) is 0 Å². The summed E-state index contributed by atoms with van der Waals surface area (Å²) >= 11 is 0. The molecule has 1 aliphatic heterocycles. The number of benzene rings is 1. The Morgan fingerprint density at radius 2 is 1.96 bits per heavy atom. The molecule has 1 amide bonds. The predicted molar refractivity (Wildman–Crippen MR) is 97.4 cm³/mol. The fourth-order valence-corrected chi connectivity index (χ4v) is 5.27. The second-order valence-corrected chi connectivity index (χ2v) is 9.37. The van der Waals surface area contributed by atoms with Crippen LogP contribution in [0.3, 0.4) is 0 Å². The van der Waals surface area contributed by atoms with Gasteiger partial charge < -0.3 is 15.0 Å². The van der Waals surface area contributed by atoms with E-state index in [1.165, 1.54) is 6.26 Å². The van der Waals surface area contributed by atoms with E-state index < -0.39 is 15.5 Å². The lowest BCUT2D eigenvalue weighted by Gasteiger charge is -2.51. The van der Waals surface area contributed by atoms with Crippen LogP contribution < -0.4 is 5.32 Å². The number of hydrogen-bond donors (Lipinski definition) is 1. The number of nitrogens with one attached hydrogen (secondary N) is 1. The number of carbonyl (C=O) groups is 1. The Balaban J connectivity index is 1.84. The Labute approximate surface area is 149 Å². The van der Waals surface area contributed by atoms with E-state index in [1.807, 2.05) is 29.2 Å². The number of rotatable bonds is 5. The number of sulfone groups is 1. The Hall–Kier alpha value is -1.60. The van der Waals surface area contributed by atoms with Gasteiger partial charge in [0.15, 0.2) is 0 Å². The molecule has 6 nitrogen and oxygen atoms in total. The normalized spacial score (nSPS) is 26.4. The molecule has 0 atom stereocenters. The first-order chi connectivity index (χ1) is 11.8. The van der Waals surface area contributed by atoms with Gasteiger partial charge in [-0.3, -0.25) is 4.79 Å². The Morgan fingerprint density at radius 3 is 2.60 bits per heavy atom. The molecule has 0 bridgehead atoms. The molecule has 138 valence electrons. The van der Waals surface area contributed by atoms with E-state index in [1.54, 1.807) is 7.11 Å². The monoisotopic (exact) mass is 366 g/mol. The van der Waals surface area contributed by atoms with Crippen LogP contribution in [0.5, 0.6) is 0 Å². The Bertz CT molecular complexity index is 739. The third kappa shape index (κ3) is 3.82. The molecule has 1 heterocycles. The minimum Gasteiger partial charge on any atom is -0.383 e. The average Bonchev–Trinajstić information content (AvgIpc) is 2.56. The van der Waals surface area contributed by atoms with Crippen molar-refractivity contribution in [3.8, 4) is 0 Å². The zero-order chi connectivity index (χ0) is 18.1. The van der Waals surface area contributed by atoms with Gasteiger partial charge in [-0.05, 0) is 43.7 Å². The molecule has 0 aromatic heterocycles. The number of amides is 1.